The van der Waals surface area contributed by atoms with E-state index in [2.05, 4.69) is 20.9 Å². The number of benzene rings is 2. The van der Waals surface area contributed by atoms with Crippen LogP contribution < -0.4 is 19.6 Å². The lowest BCUT2D eigenvalue weighted by Gasteiger charge is -2.24. The Bertz CT molecular complexity index is 1680. The van der Waals surface area contributed by atoms with Crippen molar-refractivity contribution in [1.82, 2.24) is 4.57 Å². The molecule has 2 atom stereocenters. The predicted molar refractivity (Wildman–Crippen MR) is 159 cm³/mol. The third kappa shape index (κ3) is 5.76. The van der Waals surface area contributed by atoms with Gasteiger partial charge < -0.3 is 14.2 Å². The molecule has 0 unspecified atom stereocenters. The molecule has 40 heavy (non-hydrogen) atoms. The monoisotopic (exact) mass is 620 g/mol. The SMILES string of the molecule is CCOC(=O)C1=C(C)N=c2s/c(=C\[C@@H]3C=CC(OCc4ccccc4)=C(Br)C3)c(=O)n2[C@@H]1c1ccc(OC)cc1. The Balaban J connectivity index is 1.47. The number of hydrogen-bond acceptors (Lipinski definition) is 7. The Morgan fingerprint density at radius 3 is 2.60 bits per heavy atom. The first-order chi connectivity index (χ1) is 19.4. The van der Waals surface area contributed by atoms with Gasteiger partial charge in [0.25, 0.3) is 5.56 Å². The number of halogens is 1. The minimum atomic E-state index is -0.658. The molecule has 0 N–H and O–H groups in total. The van der Waals surface area contributed by atoms with Gasteiger partial charge in [-0.2, -0.15) is 0 Å². The number of carbonyl (C=O) groups is 1. The minimum absolute atomic E-state index is 0.00938. The van der Waals surface area contributed by atoms with E-state index >= 15 is 0 Å². The lowest BCUT2D eigenvalue weighted by molar-refractivity contribution is -0.139. The second kappa shape index (κ2) is 12.2. The van der Waals surface area contributed by atoms with Gasteiger partial charge in [-0.1, -0.05) is 81.9 Å². The number of allylic oxidation sites excluding steroid dienone is 4. The van der Waals surface area contributed by atoms with Crippen LogP contribution in [0.25, 0.3) is 6.08 Å². The second-order valence-corrected chi connectivity index (χ2v) is 11.3. The maximum atomic E-state index is 13.8. The van der Waals surface area contributed by atoms with E-state index in [0.29, 0.717) is 39.4 Å². The van der Waals surface area contributed by atoms with Crippen LogP contribution >= 0.6 is 27.3 Å². The maximum Gasteiger partial charge on any atom is 0.338 e. The van der Waals surface area contributed by atoms with Crippen LogP contribution in [0.1, 0.15) is 37.4 Å². The van der Waals surface area contributed by atoms with Crippen LogP contribution in [-0.4, -0.2) is 24.3 Å². The number of fused-ring (bicyclic) bond motifs is 1. The van der Waals surface area contributed by atoms with Crippen molar-refractivity contribution >= 4 is 39.3 Å². The van der Waals surface area contributed by atoms with Crippen LogP contribution in [0.3, 0.4) is 0 Å². The molecule has 0 bridgehead atoms. The van der Waals surface area contributed by atoms with Crippen LogP contribution in [0, 0.1) is 5.92 Å². The Labute approximate surface area is 244 Å². The third-order valence-electron chi connectivity index (χ3n) is 6.73. The van der Waals surface area contributed by atoms with Gasteiger partial charge in [0.15, 0.2) is 4.80 Å². The van der Waals surface area contributed by atoms with Gasteiger partial charge in [-0.25, -0.2) is 9.79 Å². The first-order valence-electron chi connectivity index (χ1n) is 13.0. The lowest BCUT2D eigenvalue weighted by Crippen LogP contribution is -2.40. The Morgan fingerprint density at radius 2 is 1.93 bits per heavy atom. The van der Waals surface area contributed by atoms with Crippen LogP contribution in [0.4, 0.5) is 0 Å². The van der Waals surface area contributed by atoms with Gasteiger partial charge in [0, 0.05) is 10.4 Å². The molecule has 7 nitrogen and oxygen atoms in total. The number of thiazole rings is 1. The molecule has 2 heterocycles. The molecule has 0 amide bonds. The van der Waals surface area contributed by atoms with Crippen molar-refractivity contribution in [2.75, 3.05) is 13.7 Å². The second-order valence-electron chi connectivity index (χ2n) is 9.37. The third-order valence-corrected chi connectivity index (χ3v) is 8.44. The average molecular weight is 622 g/mol. The zero-order valence-corrected chi connectivity index (χ0v) is 24.8. The number of nitrogens with zero attached hydrogens (tertiary/aromatic N) is 2. The van der Waals surface area contributed by atoms with Gasteiger partial charge in [-0.15, -0.1) is 0 Å². The largest absolute Gasteiger partial charge is 0.497 e. The summed E-state index contributed by atoms with van der Waals surface area (Å²) in [6.07, 6.45) is 6.61. The quantitative estimate of drug-likeness (QED) is 0.325. The van der Waals surface area contributed by atoms with E-state index in [9.17, 15) is 9.59 Å². The number of methoxy groups -OCH3 is 1. The van der Waals surface area contributed by atoms with E-state index in [1.807, 2.05) is 72.8 Å². The summed E-state index contributed by atoms with van der Waals surface area (Å²) in [5.74, 6) is 0.976. The highest BCUT2D eigenvalue weighted by Gasteiger charge is 2.33. The van der Waals surface area contributed by atoms with Crippen molar-refractivity contribution in [3.8, 4) is 5.75 Å². The number of ether oxygens (including phenoxy) is 3. The Hall–Kier alpha value is -3.69. The zero-order chi connectivity index (χ0) is 28.2. The van der Waals surface area contributed by atoms with Crippen LogP contribution in [-0.2, 0) is 20.9 Å². The van der Waals surface area contributed by atoms with Crippen molar-refractivity contribution in [2.24, 2.45) is 10.9 Å². The molecule has 3 aromatic rings. The molecule has 1 aromatic heterocycles. The lowest BCUT2D eigenvalue weighted by atomic mass is 9.96. The average Bonchev–Trinajstić information content (AvgIpc) is 3.26. The highest BCUT2D eigenvalue weighted by Crippen LogP contribution is 2.32. The van der Waals surface area contributed by atoms with Gasteiger partial charge >= 0.3 is 5.97 Å². The molecule has 1 aliphatic carbocycles. The van der Waals surface area contributed by atoms with Crippen LogP contribution in [0.15, 0.2) is 98.0 Å². The molecule has 206 valence electrons. The van der Waals surface area contributed by atoms with E-state index in [1.54, 1.807) is 25.5 Å². The van der Waals surface area contributed by atoms with Gasteiger partial charge in [-0.05, 0) is 49.6 Å². The molecule has 9 heteroatoms. The molecule has 2 aromatic carbocycles. The number of rotatable bonds is 8. The summed E-state index contributed by atoms with van der Waals surface area (Å²) in [7, 11) is 1.60. The zero-order valence-electron chi connectivity index (χ0n) is 22.4. The van der Waals surface area contributed by atoms with Crippen molar-refractivity contribution in [3.63, 3.8) is 0 Å². The molecular weight excluding hydrogens is 592 g/mol. The molecule has 0 saturated heterocycles. The standard InChI is InChI=1S/C31H29BrN2O5S/c1-4-38-30(36)27-19(2)33-31-34(28(27)22-11-13-23(37-3)14-12-22)29(35)26(40-31)17-21-10-15-25(24(32)16-21)39-18-20-8-6-5-7-9-20/h5-15,17,21,28H,4,16,18H2,1-3H3/b26-17-/t21-,28-/m1/s1. The summed E-state index contributed by atoms with van der Waals surface area (Å²) in [4.78, 5) is 32.1. The van der Waals surface area contributed by atoms with Gasteiger partial charge in [0.2, 0.25) is 0 Å². The number of aromatic nitrogens is 1. The summed E-state index contributed by atoms with van der Waals surface area (Å²) in [6, 6.07) is 16.7. The number of hydrogen-bond donors (Lipinski definition) is 0. The Kier molecular flexibility index (Phi) is 8.52. The van der Waals surface area contributed by atoms with E-state index in [0.717, 1.165) is 21.4 Å². The number of carbonyl (C=O) groups excluding carboxylic acids is 1. The van der Waals surface area contributed by atoms with E-state index in [-0.39, 0.29) is 18.1 Å². The normalized spacial score (nSPS) is 18.9. The highest BCUT2D eigenvalue weighted by molar-refractivity contribution is 9.11. The molecular formula is C31H29BrN2O5S. The van der Waals surface area contributed by atoms with Crippen molar-refractivity contribution < 1.29 is 19.0 Å². The van der Waals surface area contributed by atoms with E-state index in [1.165, 1.54) is 11.3 Å². The smallest absolute Gasteiger partial charge is 0.338 e. The topological polar surface area (TPSA) is 79.1 Å². The maximum absolute atomic E-state index is 13.8. The van der Waals surface area contributed by atoms with Crippen molar-refractivity contribution in [1.29, 1.82) is 0 Å². The molecule has 0 radical (unpaired) electrons. The van der Waals surface area contributed by atoms with Crippen molar-refractivity contribution in [2.45, 2.75) is 32.9 Å². The molecule has 0 saturated carbocycles. The summed E-state index contributed by atoms with van der Waals surface area (Å²) in [6.45, 7) is 4.24. The Morgan fingerprint density at radius 1 is 1.18 bits per heavy atom. The summed E-state index contributed by atoms with van der Waals surface area (Å²) in [5, 5.41) is 0. The van der Waals surface area contributed by atoms with Crippen LogP contribution in [0.2, 0.25) is 0 Å². The first-order valence-corrected chi connectivity index (χ1v) is 14.6. The fourth-order valence-corrected chi connectivity index (χ4v) is 6.47. The van der Waals surface area contributed by atoms with Crippen molar-refractivity contribution in [3.05, 3.63) is 119 Å². The minimum Gasteiger partial charge on any atom is -0.497 e. The molecule has 0 spiro atoms. The molecule has 1 aliphatic heterocycles. The van der Waals surface area contributed by atoms with E-state index in [4.69, 9.17) is 14.2 Å². The van der Waals surface area contributed by atoms with Crippen LogP contribution in [0.5, 0.6) is 5.75 Å². The number of esters is 1. The fraction of sp³-hybridized carbons (Fsp3) is 0.258. The summed E-state index contributed by atoms with van der Waals surface area (Å²) < 4.78 is 19.8. The molecule has 0 fully saturated rings. The van der Waals surface area contributed by atoms with Gasteiger partial charge in [-0.3, -0.25) is 9.36 Å². The molecule has 5 rings (SSSR count). The van der Waals surface area contributed by atoms with E-state index < -0.39 is 12.0 Å². The summed E-state index contributed by atoms with van der Waals surface area (Å²) >= 11 is 5.00. The summed E-state index contributed by atoms with van der Waals surface area (Å²) in [5.41, 5.74) is 2.56. The highest BCUT2D eigenvalue weighted by atomic mass is 79.9. The fourth-order valence-electron chi connectivity index (χ4n) is 4.75. The molecule has 2 aliphatic rings. The van der Waals surface area contributed by atoms with Gasteiger partial charge in [0.05, 0.1) is 35.6 Å². The first kappa shape index (κ1) is 27.9. The van der Waals surface area contributed by atoms with Gasteiger partial charge in [0.1, 0.15) is 18.1 Å². The predicted octanol–water partition coefficient (Wildman–Crippen LogP) is 5.16.